The van der Waals surface area contributed by atoms with Crippen molar-refractivity contribution in [2.24, 2.45) is 0 Å². The van der Waals surface area contributed by atoms with Gasteiger partial charge in [0.25, 0.3) is 0 Å². The highest BCUT2D eigenvalue weighted by Gasteiger charge is 2.26. The first-order valence-corrected chi connectivity index (χ1v) is 4.67. The lowest BCUT2D eigenvalue weighted by Crippen LogP contribution is -2.29. The number of nitrogens with two attached hydrogens (primary N) is 1. The molecule has 2 rings (SSSR count). The molecule has 1 heterocycles. The third-order valence-electron chi connectivity index (χ3n) is 2.51. The Kier molecular flexibility index (Phi) is 2.22. The summed E-state index contributed by atoms with van der Waals surface area (Å²) in [5, 5.41) is 0. The molecule has 2 amide bonds. The van der Waals surface area contributed by atoms with Crippen molar-refractivity contribution in [2.45, 2.75) is 0 Å². The lowest BCUT2D eigenvalue weighted by atomic mass is 10.2. The van der Waals surface area contributed by atoms with E-state index in [4.69, 9.17) is 5.73 Å². The number of carbonyl (C=O) groups is 1. The van der Waals surface area contributed by atoms with Gasteiger partial charge >= 0.3 is 6.03 Å². The molecule has 15 heavy (non-hydrogen) atoms. The lowest BCUT2D eigenvalue weighted by Gasteiger charge is -2.16. The normalized spacial score (nSPS) is 16.3. The van der Waals surface area contributed by atoms with Crippen LogP contribution < -0.4 is 10.6 Å². The van der Waals surface area contributed by atoms with Crippen molar-refractivity contribution in [1.29, 1.82) is 0 Å². The molecule has 0 spiro atoms. The SMILES string of the molecule is CN1CCN(c2ccc(N)c(F)c2)C1=O. The van der Waals surface area contributed by atoms with Crippen molar-refractivity contribution in [2.75, 3.05) is 30.8 Å². The number of carbonyl (C=O) groups excluding carboxylic acids is 1. The molecule has 0 saturated carbocycles. The van der Waals surface area contributed by atoms with Crippen LogP contribution in [0.3, 0.4) is 0 Å². The van der Waals surface area contributed by atoms with E-state index in [0.29, 0.717) is 18.8 Å². The number of likely N-dealkylation sites (N-methyl/N-ethyl adjacent to an activating group) is 1. The Morgan fingerprint density at radius 3 is 2.67 bits per heavy atom. The second-order valence-corrected chi connectivity index (χ2v) is 3.56. The fourth-order valence-corrected chi connectivity index (χ4v) is 1.57. The maximum absolute atomic E-state index is 13.2. The number of hydrogen-bond acceptors (Lipinski definition) is 2. The summed E-state index contributed by atoms with van der Waals surface area (Å²) < 4.78 is 13.2. The van der Waals surface area contributed by atoms with E-state index in [9.17, 15) is 9.18 Å². The van der Waals surface area contributed by atoms with Gasteiger partial charge in [-0.1, -0.05) is 0 Å². The third-order valence-corrected chi connectivity index (χ3v) is 2.51. The summed E-state index contributed by atoms with van der Waals surface area (Å²) in [5.41, 5.74) is 6.01. The first-order valence-electron chi connectivity index (χ1n) is 4.67. The molecule has 0 aliphatic carbocycles. The first kappa shape index (κ1) is 9.76. The minimum atomic E-state index is -0.491. The van der Waals surface area contributed by atoms with Crippen LogP contribution in [0.1, 0.15) is 0 Å². The van der Waals surface area contributed by atoms with Crippen molar-refractivity contribution in [3.63, 3.8) is 0 Å². The van der Waals surface area contributed by atoms with Gasteiger partial charge in [0.05, 0.1) is 5.69 Å². The molecule has 1 saturated heterocycles. The Morgan fingerprint density at radius 1 is 1.40 bits per heavy atom. The predicted molar refractivity (Wildman–Crippen MR) is 56.2 cm³/mol. The van der Waals surface area contributed by atoms with Crippen molar-refractivity contribution in [1.82, 2.24) is 4.90 Å². The van der Waals surface area contributed by atoms with Gasteiger partial charge in [-0.15, -0.1) is 0 Å². The molecular formula is C10H12FN3O. The molecule has 0 radical (unpaired) electrons. The highest BCUT2D eigenvalue weighted by atomic mass is 19.1. The van der Waals surface area contributed by atoms with E-state index in [0.717, 1.165) is 0 Å². The summed E-state index contributed by atoms with van der Waals surface area (Å²) >= 11 is 0. The summed E-state index contributed by atoms with van der Waals surface area (Å²) in [4.78, 5) is 14.7. The van der Waals surface area contributed by atoms with Gasteiger partial charge in [-0.25, -0.2) is 9.18 Å². The van der Waals surface area contributed by atoms with Gasteiger partial charge in [0.2, 0.25) is 0 Å². The molecule has 0 aromatic heterocycles. The van der Waals surface area contributed by atoms with Crippen LogP contribution in [0.4, 0.5) is 20.6 Å². The Bertz CT molecular complexity index is 408. The Balaban J connectivity index is 2.31. The molecule has 1 aromatic rings. The Hall–Kier alpha value is -1.78. The molecule has 0 atom stereocenters. The molecule has 80 valence electrons. The average molecular weight is 209 g/mol. The van der Waals surface area contributed by atoms with Crippen LogP contribution in [0.15, 0.2) is 18.2 Å². The van der Waals surface area contributed by atoms with Gasteiger partial charge in [-0.2, -0.15) is 0 Å². The number of halogens is 1. The number of urea groups is 1. The zero-order valence-corrected chi connectivity index (χ0v) is 8.40. The maximum Gasteiger partial charge on any atom is 0.324 e. The fourth-order valence-electron chi connectivity index (χ4n) is 1.57. The molecule has 2 N–H and O–H groups in total. The smallest absolute Gasteiger partial charge is 0.324 e. The molecule has 4 nitrogen and oxygen atoms in total. The van der Waals surface area contributed by atoms with Gasteiger partial charge in [-0.05, 0) is 18.2 Å². The predicted octanol–water partition coefficient (Wildman–Crippen LogP) is 1.28. The number of nitrogens with zero attached hydrogens (tertiary/aromatic N) is 2. The lowest BCUT2D eigenvalue weighted by molar-refractivity contribution is 0.229. The van der Waals surface area contributed by atoms with Crippen molar-refractivity contribution in [3.05, 3.63) is 24.0 Å². The first-order chi connectivity index (χ1) is 7.09. The van der Waals surface area contributed by atoms with Crippen molar-refractivity contribution < 1.29 is 9.18 Å². The molecule has 1 aliphatic rings. The largest absolute Gasteiger partial charge is 0.396 e. The topological polar surface area (TPSA) is 49.6 Å². The van der Waals surface area contributed by atoms with Crippen LogP contribution in [0.5, 0.6) is 0 Å². The fraction of sp³-hybridized carbons (Fsp3) is 0.300. The number of amides is 2. The van der Waals surface area contributed by atoms with Crippen molar-refractivity contribution in [3.8, 4) is 0 Å². The zero-order valence-electron chi connectivity index (χ0n) is 8.40. The molecule has 0 unspecified atom stereocenters. The zero-order chi connectivity index (χ0) is 11.0. The van der Waals surface area contributed by atoms with E-state index in [2.05, 4.69) is 0 Å². The van der Waals surface area contributed by atoms with Crippen LogP contribution in [0.2, 0.25) is 0 Å². The standard InChI is InChI=1S/C10H12FN3O/c1-13-4-5-14(10(13)15)7-2-3-9(12)8(11)6-7/h2-3,6H,4-5,12H2,1H3. The van der Waals surface area contributed by atoms with E-state index in [-0.39, 0.29) is 11.7 Å². The Labute approximate surface area is 87.1 Å². The Morgan fingerprint density at radius 2 is 2.13 bits per heavy atom. The van der Waals surface area contributed by atoms with E-state index < -0.39 is 5.82 Å². The van der Waals surface area contributed by atoms with Gasteiger partial charge in [0.1, 0.15) is 5.82 Å². The monoisotopic (exact) mass is 209 g/mol. The highest BCUT2D eigenvalue weighted by molar-refractivity contribution is 5.94. The molecule has 0 bridgehead atoms. The second kappa shape index (κ2) is 3.42. The number of benzene rings is 1. The quantitative estimate of drug-likeness (QED) is 0.708. The van der Waals surface area contributed by atoms with Crippen LogP contribution >= 0.6 is 0 Å². The van der Waals surface area contributed by atoms with Gasteiger partial charge in [0.15, 0.2) is 0 Å². The van der Waals surface area contributed by atoms with E-state index in [1.807, 2.05) is 0 Å². The van der Waals surface area contributed by atoms with Gasteiger partial charge < -0.3 is 10.6 Å². The minimum absolute atomic E-state index is 0.0961. The number of anilines is 2. The van der Waals surface area contributed by atoms with Crippen molar-refractivity contribution >= 4 is 17.4 Å². The molecule has 1 aromatic carbocycles. The maximum atomic E-state index is 13.2. The summed E-state index contributed by atoms with van der Waals surface area (Å²) in [6, 6.07) is 4.29. The van der Waals surface area contributed by atoms with Crippen LogP contribution in [0, 0.1) is 5.82 Å². The summed E-state index contributed by atoms with van der Waals surface area (Å²) in [6.45, 7) is 1.24. The van der Waals surface area contributed by atoms with E-state index in [1.54, 1.807) is 18.0 Å². The number of rotatable bonds is 1. The minimum Gasteiger partial charge on any atom is -0.396 e. The van der Waals surface area contributed by atoms with E-state index in [1.165, 1.54) is 17.0 Å². The summed E-state index contributed by atoms with van der Waals surface area (Å²) in [5.74, 6) is -0.491. The van der Waals surface area contributed by atoms with Crippen LogP contribution in [0.25, 0.3) is 0 Å². The molecule has 5 heteroatoms. The molecule has 1 fully saturated rings. The van der Waals surface area contributed by atoms with Gasteiger partial charge in [-0.3, -0.25) is 4.90 Å². The summed E-state index contributed by atoms with van der Waals surface area (Å²) in [7, 11) is 1.72. The third kappa shape index (κ3) is 1.60. The van der Waals surface area contributed by atoms with Gasteiger partial charge in [0, 0.05) is 25.8 Å². The highest BCUT2D eigenvalue weighted by Crippen LogP contribution is 2.23. The summed E-state index contributed by atoms with van der Waals surface area (Å²) in [6.07, 6.45) is 0. The molecule has 1 aliphatic heterocycles. The molecular weight excluding hydrogens is 197 g/mol. The van der Waals surface area contributed by atoms with E-state index >= 15 is 0 Å². The van der Waals surface area contributed by atoms with Crippen LogP contribution in [-0.4, -0.2) is 31.1 Å². The van der Waals surface area contributed by atoms with Crippen LogP contribution in [-0.2, 0) is 0 Å². The number of nitrogen functional groups attached to an aromatic ring is 1. The second-order valence-electron chi connectivity index (χ2n) is 3.56. The number of hydrogen-bond donors (Lipinski definition) is 1. The average Bonchev–Trinajstić information content (AvgIpc) is 2.53.